The lowest BCUT2D eigenvalue weighted by molar-refractivity contribution is 0.363. The quantitative estimate of drug-likeness (QED) is 0.720. The zero-order valence-corrected chi connectivity index (χ0v) is 12.9. The molecule has 3 nitrogen and oxygen atoms in total. The maximum absolute atomic E-state index is 9.37. The van der Waals surface area contributed by atoms with Gasteiger partial charge in [0.05, 0.1) is 6.07 Å². The summed E-state index contributed by atoms with van der Waals surface area (Å²) < 4.78 is 0. The number of nitriles is 1. The summed E-state index contributed by atoms with van der Waals surface area (Å²) in [5.74, 6) is 0. The second-order valence-corrected chi connectivity index (χ2v) is 5.79. The van der Waals surface area contributed by atoms with Crippen LogP contribution in [0.4, 0.5) is 0 Å². The largest absolute Gasteiger partial charge is 0.391 e. The van der Waals surface area contributed by atoms with Crippen LogP contribution in [0.15, 0.2) is 19.0 Å². The predicted molar refractivity (Wildman–Crippen MR) is 87.8 cm³/mol. The number of aromatic nitrogens is 1. The molecule has 0 bridgehead atoms. The Morgan fingerprint density at radius 2 is 2.24 bits per heavy atom. The molecule has 0 radical (unpaired) electrons. The van der Waals surface area contributed by atoms with Crippen molar-refractivity contribution in [2.75, 3.05) is 6.54 Å². The minimum absolute atomic E-state index is 0.0642. The van der Waals surface area contributed by atoms with Gasteiger partial charge in [0, 0.05) is 29.9 Å². The Hall–Kier alpha value is -1.95. The Morgan fingerprint density at radius 3 is 2.95 bits per heavy atom. The molecule has 21 heavy (non-hydrogen) atoms. The van der Waals surface area contributed by atoms with Crippen LogP contribution in [-0.2, 0) is 5.41 Å². The first-order valence-electron chi connectivity index (χ1n) is 7.87. The van der Waals surface area contributed by atoms with Gasteiger partial charge in [-0.3, -0.25) is 0 Å². The molecule has 1 unspecified atom stereocenters. The van der Waals surface area contributed by atoms with Gasteiger partial charge in [-0.1, -0.05) is 32.1 Å². The van der Waals surface area contributed by atoms with Crippen molar-refractivity contribution in [3.8, 4) is 6.07 Å². The highest BCUT2D eigenvalue weighted by molar-refractivity contribution is 5.42. The van der Waals surface area contributed by atoms with E-state index in [1.807, 2.05) is 0 Å². The molecule has 1 aliphatic rings. The molecular formula is C18H25N3. The van der Waals surface area contributed by atoms with Crippen LogP contribution in [0.3, 0.4) is 0 Å². The van der Waals surface area contributed by atoms with Crippen LogP contribution >= 0.6 is 0 Å². The van der Waals surface area contributed by atoms with E-state index in [1.54, 1.807) is 6.20 Å². The minimum atomic E-state index is -0.0642. The second kappa shape index (κ2) is 7.17. The maximum atomic E-state index is 9.37. The third-order valence-corrected chi connectivity index (χ3v) is 4.43. The van der Waals surface area contributed by atoms with Crippen molar-refractivity contribution in [1.29, 1.82) is 5.26 Å². The molecular weight excluding hydrogens is 258 g/mol. The number of nitrogens with zero attached hydrogens (tertiary/aromatic N) is 1. The summed E-state index contributed by atoms with van der Waals surface area (Å²) >= 11 is 0. The van der Waals surface area contributed by atoms with Gasteiger partial charge in [0.15, 0.2) is 0 Å². The number of aromatic amines is 1. The number of rotatable bonds is 8. The fourth-order valence-corrected chi connectivity index (χ4v) is 3.44. The highest BCUT2D eigenvalue weighted by Gasteiger charge is 2.32. The van der Waals surface area contributed by atoms with Gasteiger partial charge in [0.1, 0.15) is 0 Å². The summed E-state index contributed by atoms with van der Waals surface area (Å²) in [4.78, 5) is 3.40. The predicted octanol–water partition coefficient (Wildman–Crippen LogP) is 2.44. The number of fused-ring (bicyclic) bond motifs is 1. The summed E-state index contributed by atoms with van der Waals surface area (Å²) in [5.41, 5.74) is 1.26. The summed E-state index contributed by atoms with van der Waals surface area (Å²) in [6, 6.07) is 2.42. The lowest BCUT2D eigenvalue weighted by atomic mass is 9.72. The van der Waals surface area contributed by atoms with E-state index in [4.69, 9.17) is 0 Å². The number of nitrogens with one attached hydrogen (secondary N) is 2. The highest BCUT2D eigenvalue weighted by atomic mass is 14.8. The first-order chi connectivity index (χ1) is 10.3. The van der Waals surface area contributed by atoms with Crippen LogP contribution < -0.4 is 15.9 Å². The summed E-state index contributed by atoms with van der Waals surface area (Å²) in [6.45, 7) is 6.76. The monoisotopic (exact) mass is 283 g/mol. The van der Waals surface area contributed by atoms with Crippen molar-refractivity contribution in [3.05, 3.63) is 35.1 Å². The van der Waals surface area contributed by atoms with Gasteiger partial charge in [-0.25, -0.2) is 0 Å². The summed E-state index contributed by atoms with van der Waals surface area (Å²) in [7, 11) is 0. The molecule has 0 aliphatic heterocycles. The zero-order chi connectivity index (χ0) is 15.1. The molecule has 0 saturated carbocycles. The molecule has 112 valence electrons. The number of hydrogen-bond donors (Lipinski definition) is 2. The van der Waals surface area contributed by atoms with Crippen LogP contribution in [-0.4, -0.2) is 11.5 Å². The van der Waals surface area contributed by atoms with E-state index >= 15 is 0 Å². The number of hydrogen-bond acceptors (Lipinski definition) is 2. The molecule has 1 aromatic heterocycles. The molecule has 1 aromatic rings. The van der Waals surface area contributed by atoms with Gasteiger partial charge in [0.2, 0.25) is 0 Å². The van der Waals surface area contributed by atoms with Crippen molar-refractivity contribution in [3.63, 3.8) is 0 Å². The minimum Gasteiger partial charge on any atom is -0.391 e. The molecule has 2 N–H and O–H groups in total. The van der Waals surface area contributed by atoms with E-state index in [0.29, 0.717) is 6.42 Å². The van der Waals surface area contributed by atoms with Gasteiger partial charge in [-0.15, -0.1) is 0 Å². The molecule has 3 heteroatoms. The van der Waals surface area contributed by atoms with Crippen LogP contribution in [0.1, 0.15) is 51.0 Å². The Balaban J connectivity index is 2.45. The number of H-pyrrole nitrogens is 1. The van der Waals surface area contributed by atoms with Gasteiger partial charge in [-0.2, -0.15) is 5.26 Å². The summed E-state index contributed by atoms with van der Waals surface area (Å²) in [6.07, 6.45) is 14.3. The molecule has 0 fully saturated rings. The van der Waals surface area contributed by atoms with E-state index in [0.717, 1.165) is 38.6 Å². The lowest BCUT2D eigenvalue weighted by Gasteiger charge is -2.31. The van der Waals surface area contributed by atoms with E-state index in [1.165, 1.54) is 16.1 Å². The normalized spacial score (nSPS) is 15.8. The maximum Gasteiger partial charge on any atom is 0.0631 e. The van der Waals surface area contributed by atoms with Crippen molar-refractivity contribution in [2.45, 2.75) is 50.9 Å². The fourth-order valence-electron chi connectivity index (χ4n) is 3.44. The molecule has 0 aromatic carbocycles. The molecule has 1 heterocycles. The van der Waals surface area contributed by atoms with E-state index < -0.39 is 0 Å². The highest BCUT2D eigenvalue weighted by Crippen LogP contribution is 2.34. The van der Waals surface area contributed by atoms with Crippen LogP contribution in [0.5, 0.6) is 0 Å². The molecule has 0 spiro atoms. The SMILES string of the molecule is C=CNCCC(CC#N)(CCC)c1c[nH]c2c1=CCCC=2. The lowest BCUT2D eigenvalue weighted by Crippen LogP contribution is -2.37. The zero-order valence-electron chi connectivity index (χ0n) is 12.9. The average molecular weight is 283 g/mol. The van der Waals surface area contributed by atoms with Crippen molar-refractivity contribution in [2.24, 2.45) is 0 Å². The van der Waals surface area contributed by atoms with Crippen LogP contribution in [0.25, 0.3) is 12.2 Å². The van der Waals surface area contributed by atoms with Crippen molar-refractivity contribution < 1.29 is 0 Å². The molecule has 0 saturated heterocycles. The Kier molecular flexibility index (Phi) is 5.27. The van der Waals surface area contributed by atoms with Crippen LogP contribution in [0, 0.1) is 11.3 Å². The van der Waals surface area contributed by atoms with Gasteiger partial charge < -0.3 is 10.3 Å². The van der Waals surface area contributed by atoms with E-state index in [2.05, 4.69) is 48.2 Å². The molecule has 1 atom stereocenters. The van der Waals surface area contributed by atoms with Gasteiger partial charge in [-0.05, 0) is 42.7 Å². The Morgan fingerprint density at radius 1 is 1.43 bits per heavy atom. The van der Waals surface area contributed by atoms with Gasteiger partial charge >= 0.3 is 0 Å². The smallest absolute Gasteiger partial charge is 0.0631 e. The third-order valence-electron chi connectivity index (χ3n) is 4.43. The van der Waals surface area contributed by atoms with Crippen LogP contribution in [0.2, 0.25) is 0 Å². The van der Waals surface area contributed by atoms with E-state index in [-0.39, 0.29) is 5.41 Å². The van der Waals surface area contributed by atoms with E-state index in [9.17, 15) is 5.26 Å². The Bertz CT molecular complexity index is 632. The second-order valence-electron chi connectivity index (χ2n) is 5.79. The molecule has 1 aliphatic carbocycles. The first kappa shape index (κ1) is 15.4. The van der Waals surface area contributed by atoms with Crippen molar-refractivity contribution in [1.82, 2.24) is 10.3 Å². The third kappa shape index (κ3) is 3.21. The molecule has 2 rings (SSSR count). The van der Waals surface area contributed by atoms with Crippen molar-refractivity contribution >= 4 is 12.2 Å². The fraction of sp³-hybridized carbons (Fsp3) is 0.500. The van der Waals surface area contributed by atoms with Gasteiger partial charge in [0.25, 0.3) is 0 Å². The summed E-state index contributed by atoms with van der Waals surface area (Å²) in [5, 5.41) is 15.1. The first-order valence-corrected chi connectivity index (χ1v) is 7.87. The topological polar surface area (TPSA) is 51.6 Å². The average Bonchev–Trinajstić information content (AvgIpc) is 2.92. The standard InChI is InChI=1S/C18H25N3/c1-3-9-18(10-12-19,11-13-20-4-2)16-14-21-17-8-6-5-7-15(16)17/h4,7-8,14,20-21H,2-3,5-6,9-11,13H2,1H3. The molecule has 0 amide bonds. The Labute approximate surface area is 127 Å².